The predicted molar refractivity (Wildman–Crippen MR) is 57.6 cm³/mol. The number of halogens is 2. The second kappa shape index (κ2) is 3.83. The van der Waals surface area contributed by atoms with E-state index in [1.807, 2.05) is 12.3 Å². The summed E-state index contributed by atoms with van der Waals surface area (Å²) in [5, 5.41) is 2.56. The highest BCUT2D eigenvalue weighted by Crippen LogP contribution is 2.22. The van der Waals surface area contributed by atoms with Crippen molar-refractivity contribution >= 4 is 22.9 Å². The molecule has 2 heterocycles. The minimum Gasteiger partial charge on any atom is -0.238 e. The number of thiazole rings is 1. The van der Waals surface area contributed by atoms with E-state index in [0.29, 0.717) is 11.5 Å². The monoisotopic (exact) mass is 243 g/mol. The first-order valence-electron chi connectivity index (χ1n) is 4.20. The molecule has 3 nitrogen and oxygen atoms in total. The molecular weight excluding hydrogens is 237 g/mol. The zero-order valence-corrected chi connectivity index (χ0v) is 9.66. The average molecular weight is 244 g/mol. The summed E-state index contributed by atoms with van der Waals surface area (Å²) in [7, 11) is 0. The van der Waals surface area contributed by atoms with Crippen LogP contribution in [0.3, 0.4) is 0 Å². The van der Waals surface area contributed by atoms with E-state index in [1.54, 1.807) is 6.92 Å². The quantitative estimate of drug-likeness (QED) is 0.723. The van der Waals surface area contributed by atoms with Crippen LogP contribution in [0.5, 0.6) is 0 Å². The molecule has 2 aromatic heterocycles. The van der Waals surface area contributed by atoms with Crippen molar-refractivity contribution in [2.24, 2.45) is 0 Å². The van der Waals surface area contributed by atoms with Gasteiger partial charge in [0.05, 0.1) is 10.7 Å². The molecule has 0 N–H and O–H groups in total. The van der Waals surface area contributed by atoms with E-state index in [-0.39, 0.29) is 10.8 Å². The molecule has 0 radical (unpaired) electrons. The van der Waals surface area contributed by atoms with E-state index in [9.17, 15) is 4.39 Å². The molecule has 6 heteroatoms. The molecule has 0 amide bonds. The molecule has 0 aliphatic rings. The molecule has 0 unspecified atom stereocenters. The molecule has 0 fully saturated rings. The molecular formula is C9H7ClFN3S. The van der Waals surface area contributed by atoms with Crippen molar-refractivity contribution in [2.45, 2.75) is 13.8 Å². The van der Waals surface area contributed by atoms with Crippen LogP contribution in [0.25, 0.3) is 11.5 Å². The van der Waals surface area contributed by atoms with Crippen LogP contribution in [0.4, 0.5) is 4.39 Å². The molecule has 0 atom stereocenters. The Morgan fingerprint density at radius 3 is 2.53 bits per heavy atom. The maximum atomic E-state index is 13.2. The topological polar surface area (TPSA) is 38.7 Å². The highest BCUT2D eigenvalue weighted by molar-refractivity contribution is 7.09. The summed E-state index contributed by atoms with van der Waals surface area (Å²) in [5.74, 6) is -0.212. The molecule has 0 aliphatic carbocycles. The van der Waals surface area contributed by atoms with Crippen LogP contribution in [0.1, 0.15) is 10.7 Å². The Hall–Kier alpha value is -1.07. The summed E-state index contributed by atoms with van der Waals surface area (Å²) in [6, 6.07) is 0. The Labute approximate surface area is 95.0 Å². The first kappa shape index (κ1) is 10.4. The standard InChI is InChI=1S/C9H7ClFN3S/c1-4-7(11)8(10)14-9(12-4)6-3-15-5(2)13-6/h3H,1-2H3. The fourth-order valence-corrected chi connectivity index (χ4v) is 1.91. The minimum absolute atomic E-state index is 0.164. The summed E-state index contributed by atoms with van der Waals surface area (Å²) in [6.07, 6.45) is 0. The molecule has 0 aliphatic heterocycles. The van der Waals surface area contributed by atoms with Crippen LogP contribution in [-0.2, 0) is 0 Å². The average Bonchev–Trinajstić information content (AvgIpc) is 2.60. The minimum atomic E-state index is -0.577. The van der Waals surface area contributed by atoms with Crippen molar-refractivity contribution in [2.75, 3.05) is 0 Å². The summed E-state index contributed by atoms with van der Waals surface area (Å²) >= 11 is 7.11. The lowest BCUT2D eigenvalue weighted by Crippen LogP contribution is -1.97. The van der Waals surface area contributed by atoms with E-state index in [1.165, 1.54) is 11.3 Å². The van der Waals surface area contributed by atoms with E-state index in [2.05, 4.69) is 15.0 Å². The zero-order chi connectivity index (χ0) is 11.0. The lowest BCUT2D eigenvalue weighted by Gasteiger charge is -2.00. The van der Waals surface area contributed by atoms with E-state index < -0.39 is 5.82 Å². The van der Waals surface area contributed by atoms with Gasteiger partial charge in [0, 0.05) is 5.38 Å². The normalized spacial score (nSPS) is 10.7. The van der Waals surface area contributed by atoms with E-state index in [0.717, 1.165) is 5.01 Å². The third kappa shape index (κ3) is 1.98. The molecule has 0 aromatic carbocycles. The van der Waals surface area contributed by atoms with Crippen LogP contribution in [0.15, 0.2) is 5.38 Å². The van der Waals surface area contributed by atoms with Gasteiger partial charge in [-0.25, -0.2) is 19.3 Å². The maximum Gasteiger partial charge on any atom is 0.181 e. The van der Waals surface area contributed by atoms with Crippen LogP contribution < -0.4 is 0 Å². The molecule has 2 aromatic rings. The van der Waals surface area contributed by atoms with E-state index >= 15 is 0 Å². The summed E-state index contributed by atoms with van der Waals surface area (Å²) in [6.45, 7) is 3.43. The Morgan fingerprint density at radius 2 is 2.00 bits per heavy atom. The van der Waals surface area contributed by atoms with Gasteiger partial charge in [0.25, 0.3) is 0 Å². The van der Waals surface area contributed by atoms with Gasteiger partial charge >= 0.3 is 0 Å². The third-order valence-electron chi connectivity index (χ3n) is 1.82. The lowest BCUT2D eigenvalue weighted by atomic mass is 10.4. The smallest absolute Gasteiger partial charge is 0.181 e. The van der Waals surface area contributed by atoms with E-state index in [4.69, 9.17) is 11.6 Å². The lowest BCUT2D eigenvalue weighted by molar-refractivity contribution is 0.603. The van der Waals surface area contributed by atoms with Crippen LogP contribution in [0.2, 0.25) is 5.15 Å². The van der Waals surface area contributed by atoms with Gasteiger partial charge in [-0.1, -0.05) is 11.6 Å². The van der Waals surface area contributed by atoms with Crippen molar-refractivity contribution in [3.8, 4) is 11.5 Å². The van der Waals surface area contributed by atoms with Gasteiger partial charge in [0.1, 0.15) is 5.69 Å². The van der Waals surface area contributed by atoms with Crippen molar-refractivity contribution in [3.63, 3.8) is 0 Å². The second-order valence-electron chi connectivity index (χ2n) is 2.99. The fraction of sp³-hybridized carbons (Fsp3) is 0.222. The SMILES string of the molecule is Cc1nc(-c2nc(C)c(F)c(Cl)n2)cs1. The molecule has 0 saturated heterocycles. The fourth-order valence-electron chi connectivity index (χ4n) is 1.10. The number of aryl methyl sites for hydroxylation is 2. The summed E-state index contributed by atoms with van der Waals surface area (Å²) in [4.78, 5) is 12.0. The summed E-state index contributed by atoms with van der Waals surface area (Å²) < 4.78 is 13.2. The van der Waals surface area contributed by atoms with Crippen molar-refractivity contribution < 1.29 is 4.39 Å². The predicted octanol–water partition coefficient (Wildman–Crippen LogP) is 3.01. The van der Waals surface area contributed by atoms with Crippen LogP contribution in [0, 0.1) is 19.7 Å². The highest BCUT2D eigenvalue weighted by atomic mass is 35.5. The van der Waals surface area contributed by atoms with Gasteiger partial charge in [0.15, 0.2) is 16.8 Å². The summed E-state index contributed by atoms with van der Waals surface area (Å²) in [5.41, 5.74) is 0.859. The van der Waals surface area contributed by atoms with Gasteiger partial charge in [-0.05, 0) is 13.8 Å². The largest absolute Gasteiger partial charge is 0.238 e. The first-order chi connectivity index (χ1) is 7.08. The van der Waals surface area contributed by atoms with Crippen molar-refractivity contribution in [3.05, 3.63) is 27.1 Å². The van der Waals surface area contributed by atoms with Gasteiger partial charge in [0.2, 0.25) is 0 Å². The number of rotatable bonds is 1. The van der Waals surface area contributed by atoms with Gasteiger partial charge in [-0.15, -0.1) is 11.3 Å². The number of aromatic nitrogens is 3. The Morgan fingerprint density at radius 1 is 1.27 bits per heavy atom. The Balaban J connectivity index is 2.55. The van der Waals surface area contributed by atoms with Crippen LogP contribution >= 0.6 is 22.9 Å². The molecule has 0 bridgehead atoms. The molecule has 78 valence electrons. The highest BCUT2D eigenvalue weighted by Gasteiger charge is 2.12. The van der Waals surface area contributed by atoms with Crippen molar-refractivity contribution in [1.29, 1.82) is 0 Å². The molecule has 0 spiro atoms. The number of hydrogen-bond donors (Lipinski definition) is 0. The zero-order valence-electron chi connectivity index (χ0n) is 8.08. The number of nitrogens with zero attached hydrogens (tertiary/aromatic N) is 3. The number of hydrogen-bond acceptors (Lipinski definition) is 4. The first-order valence-corrected chi connectivity index (χ1v) is 5.46. The maximum absolute atomic E-state index is 13.2. The molecule has 2 rings (SSSR count). The van der Waals surface area contributed by atoms with Crippen LogP contribution in [-0.4, -0.2) is 15.0 Å². The van der Waals surface area contributed by atoms with Gasteiger partial charge in [-0.2, -0.15) is 0 Å². The molecule has 15 heavy (non-hydrogen) atoms. The molecule has 0 saturated carbocycles. The van der Waals surface area contributed by atoms with Gasteiger partial charge in [-0.3, -0.25) is 0 Å². The third-order valence-corrected chi connectivity index (χ3v) is 2.85. The van der Waals surface area contributed by atoms with Crippen molar-refractivity contribution in [1.82, 2.24) is 15.0 Å². The Kier molecular flexibility index (Phi) is 2.67. The van der Waals surface area contributed by atoms with Gasteiger partial charge < -0.3 is 0 Å². The second-order valence-corrected chi connectivity index (χ2v) is 4.41. The Bertz CT molecular complexity index is 489.